The van der Waals surface area contributed by atoms with Crippen LogP contribution in [0, 0.1) is 0 Å². The van der Waals surface area contributed by atoms with Gasteiger partial charge in [-0.1, -0.05) is 6.92 Å². The van der Waals surface area contributed by atoms with Gasteiger partial charge in [-0.15, -0.1) is 0 Å². The Hall–Kier alpha value is -1.41. The van der Waals surface area contributed by atoms with Crippen LogP contribution in [0.4, 0.5) is 0 Å². The van der Waals surface area contributed by atoms with Crippen molar-refractivity contribution >= 4 is 29.2 Å². The summed E-state index contributed by atoms with van der Waals surface area (Å²) in [4.78, 5) is 25.1. The summed E-state index contributed by atoms with van der Waals surface area (Å²) >= 11 is 5.04. The van der Waals surface area contributed by atoms with E-state index in [9.17, 15) is 9.59 Å². The van der Waals surface area contributed by atoms with E-state index in [0.717, 1.165) is 6.42 Å². The molecule has 0 bridgehead atoms. The number of nitrogens with one attached hydrogen (secondary N) is 1. The highest BCUT2D eigenvalue weighted by molar-refractivity contribution is 7.80. The van der Waals surface area contributed by atoms with Gasteiger partial charge in [-0.2, -0.15) is 0 Å². The molecule has 0 saturated carbocycles. The third kappa shape index (κ3) is 3.04. The number of nitrogens with two attached hydrogens (primary N) is 1. The maximum atomic E-state index is 11.3. The minimum Gasteiger partial charge on any atom is -0.474 e. The molecule has 96 valence electrons. The first-order chi connectivity index (χ1) is 8.01. The molecular weight excluding hydrogens is 244 g/mol. The van der Waals surface area contributed by atoms with Gasteiger partial charge < -0.3 is 20.3 Å². The zero-order chi connectivity index (χ0) is 13.0. The molecule has 0 aliphatic carbocycles. The fourth-order valence-corrected chi connectivity index (χ4v) is 2.12. The zero-order valence-corrected chi connectivity index (χ0v) is 10.4. The fraction of sp³-hybridized carbons (Fsp3) is 0.667. The largest absolute Gasteiger partial charge is 0.474 e. The van der Waals surface area contributed by atoms with Gasteiger partial charge in [0.05, 0.1) is 0 Å². The number of aliphatic carboxylic acids is 1. The molecule has 1 aliphatic heterocycles. The average Bonchev–Trinajstić information content (AvgIpc) is 2.35. The first-order valence-electron chi connectivity index (χ1n) is 5.30. The molecule has 1 atom stereocenters. The molecule has 4 N–H and O–H groups in total. The molecule has 8 heteroatoms. The normalized spacial score (nSPS) is 20.0. The Morgan fingerprint density at radius 3 is 2.65 bits per heavy atom. The van der Waals surface area contributed by atoms with Crippen molar-refractivity contribution in [3.63, 3.8) is 0 Å². The van der Waals surface area contributed by atoms with Crippen LogP contribution >= 0.6 is 12.2 Å². The quantitative estimate of drug-likeness (QED) is 0.234. The van der Waals surface area contributed by atoms with Crippen molar-refractivity contribution in [2.45, 2.75) is 19.4 Å². The lowest BCUT2D eigenvalue weighted by Gasteiger charge is -2.41. The van der Waals surface area contributed by atoms with E-state index in [1.807, 2.05) is 11.8 Å². The second-order valence-electron chi connectivity index (χ2n) is 3.76. The molecule has 1 heterocycles. The van der Waals surface area contributed by atoms with Crippen molar-refractivity contribution in [3.05, 3.63) is 0 Å². The average molecular weight is 260 g/mol. The number of piperazine rings is 1. The number of rotatable bonds is 1. The van der Waals surface area contributed by atoms with Gasteiger partial charge >= 0.3 is 11.9 Å². The number of carboxylic acids is 1. The third-order valence-corrected chi connectivity index (χ3v) is 3.16. The number of hydrogen-bond donors (Lipinski definition) is 3. The highest BCUT2D eigenvalue weighted by Crippen LogP contribution is 2.13. The summed E-state index contributed by atoms with van der Waals surface area (Å²) in [6.45, 7) is 3.12. The molecule has 7 nitrogen and oxygen atoms in total. The van der Waals surface area contributed by atoms with Crippen LogP contribution in [0.2, 0.25) is 0 Å². The number of nitrogens with zero attached hydrogens (tertiary/aromatic N) is 2. The van der Waals surface area contributed by atoms with Crippen LogP contribution in [0.15, 0.2) is 0 Å². The van der Waals surface area contributed by atoms with Gasteiger partial charge in [0.2, 0.25) is 0 Å². The number of carbonyl (C=O) groups excluding carboxylic acids is 1. The van der Waals surface area contributed by atoms with Gasteiger partial charge in [0.1, 0.15) is 0 Å². The summed E-state index contributed by atoms with van der Waals surface area (Å²) in [6, 6.07) is -0.00407. The summed E-state index contributed by atoms with van der Waals surface area (Å²) in [5.74, 6) is 2.97. The van der Waals surface area contributed by atoms with Crippen molar-refractivity contribution in [3.8, 4) is 0 Å². The van der Waals surface area contributed by atoms with E-state index >= 15 is 0 Å². The van der Waals surface area contributed by atoms with Crippen molar-refractivity contribution in [2.24, 2.45) is 5.84 Å². The van der Waals surface area contributed by atoms with Crippen LogP contribution in [0.5, 0.6) is 0 Å². The van der Waals surface area contributed by atoms with Crippen LogP contribution in [0.25, 0.3) is 0 Å². The Morgan fingerprint density at radius 2 is 2.18 bits per heavy atom. The predicted molar refractivity (Wildman–Crippen MR) is 64.9 cm³/mol. The Kier molecular flexibility index (Phi) is 4.64. The Bertz CT molecular complexity index is 336. The maximum Gasteiger partial charge on any atom is 0.394 e. The first-order valence-corrected chi connectivity index (χ1v) is 5.71. The minimum atomic E-state index is -1.42. The zero-order valence-electron chi connectivity index (χ0n) is 9.55. The Balaban J connectivity index is 2.70. The van der Waals surface area contributed by atoms with Crippen molar-refractivity contribution < 1.29 is 14.7 Å². The fourth-order valence-electron chi connectivity index (χ4n) is 1.87. The molecule has 0 radical (unpaired) electrons. The van der Waals surface area contributed by atoms with Crippen LogP contribution in [-0.4, -0.2) is 57.6 Å². The van der Waals surface area contributed by atoms with E-state index in [4.69, 9.17) is 23.2 Å². The van der Waals surface area contributed by atoms with Gasteiger partial charge in [0.25, 0.3) is 0 Å². The molecule has 1 fully saturated rings. The molecule has 1 unspecified atom stereocenters. The van der Waals surface area contributed by atoms with Crippen LogP contribution < -0.4 is 11.3 Å². The number of amides is 1. The molecule has 0 aromatic rings. The Labute approximate surface area is 105 Å². The topological polar surface area (TPSA) is 98.9 Å². The van der Waals surface area contributed by atoms with Crippen LogP contribution in [0.1, 0.15) is 13.3 Å². The number of carbonyl (C=O) groups is 2. The molecule has 1 amide bonds. The molecule has 17 heavy (non-hydrogen) atoms. The lowest BCUT2D eigenvalue weighted by molar-refractivity contribution is -0.157. The smallest absolute Gasteiger partial charge is 0.394 e. The van der Waals surface area contributed by atoms with E-state index in [2.05, 4.69) is 5.43 Å². The molecule has 1 rings (SSSR count). The number of carboxylic acid groups (broad SMARTS) is 1. The first kappa shape index (κ1) is 13.7. The SMILES string of the molecule is CCC1CN(C(=O)C(=O)O)CCN1C(=S)NN. The van der Waals surface area contributed by atoms with Crippen molar-refractivity contribution in [2.75, 3.05) is 19.6 Å². The second-order valence-corrected chi connectivity index (χ2v) is 4.15. The summed E-state index contributed by atoms with van der Waals surface area (Å²) < 4.78 is 0. The standard InChI is InChI=1S/C9H16N4O3S/c1-2-6-5-12(7(14)8(15)16)3-4-13(6)9(17)11-10/h6H,2-5,10H2,1H3,(H,11,17)(H,15,16). The van der Waals surface area contributed by atoms with E-state index in [1.165, 1.54) is 4.90 Å². The lowest BCUT2D eigenvalue weighted by Crippen LogP contribution is -2.60. The van der Waals surface area contributed by atoms with Crippen LogP contribution in [-0.2, 0) is 9.59 Å². The molecule has 0 aromatic carbocycles. The van der Waals surface area contributed by atoms with E-state index in [0.29, 0.717) is 24.7 Å². The van der Waals surface area contributed by atoms with Crippen molar-refractivity contribution in [1.82, 2.24) is 15.2 Å². The van der Waals surface area contributed by atoms with Gasteiger partial charge in [-0.3, -0.25) is 4.79 Å². The van der Waals surface area contributed by atoms with E-state index in [-0.39, 0.29) is 6.04 Å². The molecule has 1 saturated heterocycles. The second kappa shape index (κ2) is 5.78. The van der Waals surface area contributed by atoms with Gasteiger partial charge in [-0.25, -0.2) is 10.6 Å². The number of hydrazine groups is 1. The Morgan fingerprint density at radius 1 is 1.53 bits per heavy atom. The highest BCUT2D eigenvalue weighted by atomic mass is 32.1. The van der Waals surface area contributed by atoms with Gasteiger partial charge in [0, 0.05) is 25.7 Å². The van der Waals surface area contributed by atoms with E-state index in [1.54, 1.807) is 0 Å². The number of thiocarbonyl (C=S) groups is 1. The third-order valence-electron chi connectivity index (χ3n) is 2.81. The molecule has 1 aliphatic rings. The molecule has 0 aromatic heterocycles. The summed E-state index contributed by atoms with van der Waals surface area (Å²) in [5.41, 5.74) is 2.40. The van der Waals surface area contributed by atoms with Gasteiger partial charge in [0.15, 0.2) is 5.11 Å². The highest BCUT2D eigenvalue weighted by Gasteiger charge is 2.31. The summed E-state index contributed by atoms with van der Waals surface area (Å²) in [6.07, 6.45) is 0.755. The molecule has 0 spiro atoms. The predicted octanol–water partition coefficient (Wildman–Crippen LogP) is -1.26. The van der Waals surface area contributed by atoms with E-state index < -0.39 is 11.9 Å². The lowest BCUT2D eigenvalue weighted by atomic mass is 10.1. The van der Waals surface area contributed by atoms with Gasteiger partial charge in [-0.05, 0) is 18.6 Å². The maximum absolute atomic E-state index is 11.3. The monoisotopic (exact) mass is 260 g/mol. The number of hydrogen-bond acceptors (Lipinski definition) is 4. The molecular formula is C9H16N4O3S. The minimum absolute atomic E-state index is 0.00407. The summed E-state index contributed by atoms with van der Waals surface area (Å²) in [5, 5.41) is 9.07. The van der Waals surface area contributed by atoms with Crippen LogP contribution in [0.3, 0.4) is 0 Å². The summed E-state index contributed by atoms with van der Waals surface area (Å²) in [7, 11) is 0. The van der Waals surface area contributed by atoms with Crippen molar-refractivity contribution in [1.29, 1.82) is 0 Å².